The van der Waals surface area contributed by atoms with Gasteiger partial charge in [-0.1, -0.05) is 13.3 Å². The highest BCUT2D eigenvalue weighted by Gasteiger charge is 2.46. The Bertz CT molecular complexity index is 629. The van der Waals surface area contributed by atoms with Crippen molar-refractivity contribution in [1.82, 2.24) is 0 Å². The molecule has 24 heavy (non-hydrogen) atoms. The average molecular weight is 338 g/mol. The van der Waals surface area contributed by atoms with E-state index < -0.39 is 17.9 Å². The van der Waals surface area contributed by atoms with E-state index in [-0.39, 0.29) is 6.42 Å². The largest absolute Gasteiger partial charge is 0.497 e. The van der Waals surface area contributed by atoms with Crippen LogP contribution < -0.4 is 15.4 Å². The summed E-state index contributed by atoms with van der Waals surface area (Å²) in [5, 5.41) is 5.24. The number of hydrogen-bond acceptors (Lipinski definition) is 3. The van der Waals surface area contributed by atoms with Crippen LogP contribution >= 0.6 is 0 Å². The van der Waals surface area contributed by atoms with Gasteiger partial charge in [-0.25, -0.2) is 8.78 Å². The lowest BCUT2D eigenvalue weighted by molar-refractivity contribution is -0.126. The third-order valence-electron chi connectivity index (χ3n) is 5.11. The molecular weight excluding hydrogens is 314 g/mol. The molecule has 0 bridgehead atoms. The van der Waals surface area contributed by atoms with Crippen LogP contribution in [-0.2, 0) is 4.79 Å². The fraction of sp³-hybridized carbons (Fsp3) is 0.611. The van der Waals surface area contributed by atoms with Crippen LogP contribution in [0.4, 0.5) is 20.2 Å². The molecule has 1 aliphatic heterocycles. The number of methoxy groups -OCH3 is 1. The summed E-state index contributed by atoms with van der Waals surface area (Å²) in [6, 6.07) is 3.40. The summed E-state index contributed by atoms with van der Waals surface area (Å²) in [6.07, 6.45) is 4.35. The van der Waals surface area contributed by atoms with Crippen LogP contribution in [0.25, 0.3) is 0 Å². The summed E-state index contributed by atoms with van der Waals surface area (Å²) in [4.78, 5) is 12.1. The number of rotatable bonds is 7. The lowest BCUT2D eigenvalue weighted by atomic mass is 9.96. The summed E-state index contributed by atoms with van der Waals surface area (Å²) in [5.41, 5.74) is 1.34. The first-order valence-electron chi connectivity index (χ1n) is 8.46. The highest BCUT2D eigenvalue weighted by atomic mass is 19.3. The van der Waals surface area contributed by atoms with Gasteiger partial charge in [-0.15, -0.1) is 0 Å². The SMILES string of the molecule is COc1ccc2c(c1)NC(=O)C(C(F)(F)CCCCC1(C)CC1)N2. The molecule has 1 saturated carbocycles. The molecule has 3 rings (SSSR count). The minimum atomic E-state index is -3.08. The van der Waals surface area contributed by atoms with E-state index in [1.807, 2.05) is 0 Å². The highest BCUT2D eigenvalue weighted by Crippen LogP contribution is 2.49. The molecule has 2 N–H and O–H groups in total. The van der Waals surface area contributed by atoms with Gasteiger partial charge < -0.3 is 15.4 Å². The number of anilines is 2. The van der Waals surface area contributed by atoms with Crippen molar-refractivity contribution in [3.05, 3.63) is 18.2 Å². The van der Waals surface area contributed by atoms with E-state index in [1.54, 1.807) is 18.2 Å². The number of nitrogens with one attached hydrogen (secondary N) is 2. The molecule has 1 aromatic carbocycles. The lowest BCUT2D eigenvalue weighted by Gasteiger charge is -2.32. The van der Waals surface area contributed by atoms with Crippen molar-refractivity contribution in [2.75, 3.05) is 17.7 Å². The van der Waals surface area contributed by atoms with E-state index in [0.29, 0.717) is 29.0 Å². The number of alkyl halides is 2. The molecule has 0 spiro atoms. The zero-order chi connectivity index (χ0) is 17.4. The highest BCUT2D eigenvalue weighted by molar-refractivity contribution is 6.03. The maximum Gasteiger partial charge on any atom is 0.276 e. The summed E-state index contributed by atoms with van der Waals surface area (Å²) in [7, 11) is 1.51. The van der Waals surface area contributed by atoms with Crippen LogP contribution in [-0.4, -0.2) is 25.0 Å². The number of amides is 1. The fourth-order valence-corrected chi connectivity index (χ4v) is 3.12. The van der Waals surface area contributed by atoms with Gasteiger partial charge in [0.05, 0.1) is 18.5 Å². The van der Waals surface area contributed by atoms with Crippen molar-refractivity contribution in [2.45, 2.75) is 57.4 Å². The van der Waals surface area contributed by atoms with Crippen LogP contribution in [0.15, 0.2) is 18.2 Å². The molecule has 6 heteroatoms. The monoisotopic (exact) mass is 338 g/mol. The molecule has 1 unspecified atom stereocenters. The normalized spacial score (nSPS) is 21.5. The number of carbonyl (C=O) groups excluding carboxylic acids is 1. The molecule has 0 radical (unpaired) electrons. The van der Waals surface area contributed by atoms with Gasteiger partial charge in [0.2, 0.25) is 0 Å². The predicted molar refractivity (Wildman–Crippen MR) is 89.8 cm³/mol. The zero-order valence-corrected chi connectivity index (χ0v) is 14.1. The first kappa shape index (κ1) is 17.0. The van der Waals surface area contributed by atoms with Gasteiger partial charge in [0.15, 0.2) is 6.04 Å². The van der Waals surface area contributed by atoms with E-state index in [1.165, 1.54) is 20.0 Å². The molecule has 1 aliphatic carbocycles. The van der Waals surface area contributed by atoms with E-state index in [0.717, 1.165) is 12.8 Å². The van der Waals surface area contributed by atoms with Gasteiger partial charge in [0.1, 0.15) is 5.75 Å². The van der Waals surface area contributed by atoms with Gasteiger partial charge in [-0.05, 0) is 43.2 Å². The van der Waals surface area contributed by atoms with E-state index in [9.17, 15) is 13.6 Å². The third kappa shape index (κ3) is 3.62. The van der Waals surface area contributed by atoms with E-state index >= 15 is 0 Å². The standard InChI is InChI=1S/C18H24F2N2O2/c1-17(9-10-17)7-3-4-8-18(19,20)15-16(23)22-14-11-12(24-2)5-6-13(14)21-15/h5-6,11,15,21H,3-4,7-10H2,1-2H3,(H,22,23). The second kappa shape index (κ2) is 6.22. The number of halogens is 2. The Morgan fingerprint density at radius 2 is 2.04 bits per heavy atom. The first-order chi connectivity index (χ1) is 11.3. The van der Waals surface area contributed by atoms with Crippen LogP contribution in [0.2, 0.25) is 0 Å². The Morgan fingerprint density at radius 3 is 2.71 bits per heavy atom. The van der Waals surface area contributed by atoms with Crippen molar-refractivity contribution in [2.24, 2.45) is 5.41 Å². The first-order valence-corrected chi connectivity index (χ1v) is 8.46. The zero-order valence-electron chi connectivity index (χ0n) is 14.1. The molecule has 1 aromatic rings. The van der Waals surface area contributed by atoms with Gasteiger partial charge in [-0.2, -0.15) is 0 Å². The molecular formula is C18H24F2N2O2. The van der Waals surface area contributed by atoms with Crippen molar-refractivity contribution >= 4 is 17.3 Å². The Hall–Kier alpha value is -1.85. The molecule has 1 amide bonds. The lowest BCUT2D eigenvalue weighted by Crippen LogP contribution is -2.51. The maximum atomic E-state index is 14.5. The topological polar surface area (TPSA) is 50.4 Å². The van der Waals surface area contributed by atoms with E-state index in [4.69, 9.17) is 4.74 Å². The van der Waals surface area contributed by atoms with Crippen molar-refractivity contribution < 1.29 is 18.3 Å². The van der Waals surface area contributed by atoms with Gasteiger partial charge >= 0.3 is 0 Å². The fourth-order valence-electron chi connectivity index (χ4n) is 3.12. The van der Waals surface area contributed by atoms with Gasteiger partial charge in [0.25, 0.3) is 11.8 Å². The molecule has 1 fully saturated rings. The average Bonchev–Trinajstić information content (AvgIpc) is 3.28. The number of ether oxygens (including phenoxy) is 1. The summed E-state index contributed by atoms with van der Waals surface area (Å²) in [5.74, 6) is -3.21. The molecule has 132 valence electrons. The van der Waals surface area contributed by atoms with Gasteiger partial charge in [0, 0.05) is 12.5 Å². The second-order valence-corrected chi connectivity index (χ2v) is 7.26. The molecule has 0 saturated heterocycles. The summed E-state index contributed by atoms with van der Waals surface area (Å²) in [6.45, 7) is 2.20. The molecule has 4 nitrogen and oxygen atoms in total. The Kier molecular flexibility index (Phi) is 4.40. The number of hydrogen-bond donors (Lipinski definition) is 2. The minimum absolute atomic E-state index is 0.278. The number of carbonyl (C=O) groups is 1. The van der Waals surface area contributed by atoms with Crippen LogP contribution in [0.5, 0.6) is 5.75 Å². The Labute approximate surface area is 141 Å². The minimum Gasteiger partial charge on any atom is -0.497 e. The number of benzene rings is 1. The third-order valence-corrected chi connectivity index (χ3v) is 5.11. The molecule has 2 aliphatic rings. The number of fused-ring (bicyclic) bond motifs is 1. The second-order valence-electron chi connectivity index (χ2n) is 7.26. The predicted octanol–water partition coefficient (Wildman–Crippen LogP) is 4.42. The van der Waals surface area contributed by atoms with Crippen LogP contribution in [0, 0.1) is 5.41 Å². The van der Waals surface area contributed by atoms with Crippen LogP contribution in [0.3, 0.4) is 0 Å². The van der Waals surface area contributed by atoms with Crippen molar-refractivity contribution in [1.29, 1.82) is 0 Å². The molecule has 1 heterocycles. The van der Waals surface area contributed by atoms with Crippen LogP contribution in [0.1, 0.15) is 45.4 Å². The van der Waals surface area contributed by atoms with Crippen molar-refractivity contribution in [3.8, 4) is 5.75 Å². The number of unbranched alkanes of at least 4 members (excludes halogenated alkanes) is 1. The molecule has 0 aromatic heterocycles. The van der Waals surface area contributed by atoms with Crippen molar-refractivity contribution in [3.63, 3.8) is 0 Å². The van der Waals surface area contributed by atoms with Gasteiger partial charge in [-0.3, -0.25) is 4.79 Å². The Balaban J connectivity index is 1.61. The smallest absolute Gasteiger partial charge is 0.276 e. The summed E-state index contributed by atoms with van der Waals surface area (Å²) >= 11 is 0. The quantitative estimate of drug-likeness (QED) is 0.724. The Morgan fingerprint density at radius 1 is 1.29 bits per heavy atom. The maximum absolute atomic E-state index is 14.5. The summed E-state index contributed by atoms with van der Waals surface area (Å²) < 4.78 is 34.1. The van der Waals surface area contributed by atoms with E-state index in [2.05, 4.69) is 17.6 Å². The molecule has 1 atom stereocenters.